The van der Waals surface area contributed by atoms with Gasteiger partial charge in [-0.3, -0.25) is 4.98 Å². The number of aromatic nitrogens is 1. The van der Waals surface area contributed by atoms with Crippen LogP contribution in [0.5, 0.6) is 0 Å². The van der Waals surface area contributed by atoms with Gasteiger partial charge in [-0.2, -0.15) is 0 Å². The molecule has 0 saturated carbocycles. The van der Waals surface area contributed by atoms with E-state index in [9.17, 15) is 0 Å². The van der Waals surface area contributed by atoms with Crippen molar-refractivity contribution in [1.82, 2.24) is 4.98 Å². The van der Waals surface area contributed by atoms with Crippen LogP contribution >= 0.6 is 0 Å². The zero-order valence-electron chi connectivity index (χ0n) is 12.8. The second-order valence-electron chi connectivity index (χ2n) is 5.58. The molecule has 0 aliphatic carbocycles. The van der Waals surface area contributed by atoms with Crippen molar-refractivity contribution in [2.24, 2.45) is 5.92 Å². The van der Waals surface area contributed by atoms with Crippen LogP contribution in [0, 0.1) is 12.3 Å². The van der Waals surface area contributed by atoms with Crippen LogP contribution in [0.3, 0.4) is 0 Å². The molecule has 0 bridgehead atoms. The Balaban J connectivity index is 2.30. The summed E-state index contributed by atoms with van der Waals surface area (Å²) in [4.78, 5) is 4.07. The van der Waals surface area contributed by atoms with E-state index in [1.807, 2.05) is 12.4 Å². The lowest BCUT2D eigenvalue weighted by molar-refractivity contribution is 0.407. The lowest BCUT2D eigenvalue weighted by Crippen LogP contribution is -2.02. The molecule has 1 nitrogen and oxygen atoms in total. The standard InChI is InChI=1S/C18H30N/c1-3-5-7-9-17(10-8-6-4-2)11-12-18-13-15-19-16-14-18/h12-17H,3-11H2,1-2H3. The molecule has 1 radical (unpaired) electrons. The predicted molar refractivity (Wildman–Crippen MR) is 84.0 cm³/mol. The van der Waals surface area contributed by atoms with E-state index in [4.69, 9.17) is 0 Å². The molecule has 0 amide bonds. The second kappa shape index (κ2) is 11.0. The van der Waals surface area contributed by atoms with Crippen LogP contribution in [0.15, 0.2) is 24.5 Å². The molecule has 0 aliphatic rings. The minimum absolute atomic E-state index is 0.881. The van der Waals surface area contributed by atoms with Gasteiger partial charge in [-0.1, -0.05) is 65.2 Å². The Kier molecular flexibility index (Phi) is 9.40. The van der Waals surface area contributed by atoms with Crippen LogP contribution in [0.2, 0.25) is 0 Å². The molecule has 0 N–H and O–H groups in total. The van der Waals surface area contributed by atoms with Gasteiger partial charge >= 0.3 is 0 Å². The Hall–Kier alpha value is -0.850. The van der Waals surface area contributed by atoms with Crippen LogP contribution in [0.1, 0.15) is 77.2 Å². The van der Waals surface area contributed by atoms with Gasteiger partial charge in [0.05, 0.1) is 0 Å². The van der Waals surface area contributed by atoms with E-state index in [2.05, 4.69) is 37.4 Å². The van der Waals surface area contributed by atoms with Gasteiger partial charge in [0.1, 0.15) is 0 Å². The van der Waals surface area contributed by atoms with E-state index in [0.717, 1.165) is 5.92 Å². The molecular formula is C18H30N. The van der Waals surface area contributed by atoms with Gasteiger partial charge in [0, 0.05) is 12.4 Å². The third-order valence-corrected chi connectivity index (χ3v) is 3.82. The summed E-state index contributed by atoms with van der Waals surface area (Å²) >= 11 is 0. The fourth-order valence-electron chi connectivity index (χ4n) is 2.55. The monoisotopic (exact) mass is 260 g/mol. The Morgan fingerprint density at radius 3 is 2.05 bits per heavy atom. The summed E-state index contributed by atoms with van der Waals surface area (Å²) in [6, 6.07) is 4.21. The summed E-state index contributed by atoms with van der Waals surface area (Å²) in [5, 5.41) is 0. The molecule has 0 aromatic carbocycles. The van der Waals surface area contributed by atoms with Crippen molar-refractivity contribution in [2.75, 3.05) is 0 Å². The Morgan fingerprint density at radius 1 is 0.947 bits per heavy atom. The molecule has 0 saturated heterocycles. The van der Waals surface area contributed by atoms with Crippen molar-refractivity contribution in [3.05, 3.63) is 36.5 Å². The average Bonchev–Trinajstić information content (AvgIpc) is 2.45. The maximum absolute atomic E-state index is 4.07. The second-order valence-corrected chi connectivity index (χ2v) is 5.58. The first-order valence-electron chi connectivity index (χ1n) is 8.10. The van der Waals surface area contributed by atoms with Crippen LogP contribution in [0.25, 0.3) is 0 Å². The first-order chi connectivity index (χ1) is 9.36. The van der Waals surface area contributed by atoms with Crippen molar-refractivity contribution in [1.29, 1.82) is 0 Å². The van der Waals surface area contributed by atoms with E-state index in [0.29, 0.717) is 0 Å². The van der Waals surface area contributed by atoms with E-state index >= 15 is 0 Å². The van der Waals surface area contributed by atoms with Crippen molar-refractivity contribution < 1.29 is 0 Å². The third-order valence-electron chi connectivity index (χ3n) is 3.82. The molecule has 1 heteroatoms. The van der Waals surface area contributed by atoms with Gasteiger partial charge in [0.15, 0.2) is 0 Å². The molecule has 1 aromatic heterocycles. The Morgan fingerprint density at radius 2 is 1.53 bits per heavy atom. The van der Waals surface area contributed by atoms with E-state index in [1.54, 1.807) is 0 Å². The zero-order chi connectivity index (χ0) is 13.8. The highest BCUT2D eigenvalue weighted by Crippen LogP contribution is 2.23. The molecule has 19 heavy (non-hydrogen) atoms. The van der Waals surface area contributed by atoms with Crippen molar-refractivity contribution in [2.45, 2.75) is 71.6 Å². The Bertz CT molecular complexity index is 284. The Labute approximate surface area is 119 Å². The van der Waals surface area contributed by atoms with Crippen LogP contribution in [-0.2, 0) is 0 Å². The summed E-state index contributed by atoms with van der Waals surface area (Å²) < 4.78 is 0. The first kappa shape index (κ1) is 16.2. The third kappa shape index (κ3) is 8.02. The topological polar surface area (TPSA) is 12.9 Å². The molecule has 0 spiro atoms. The van der Waals surface area contributed by atoms with Crippen LogP contribution in [-0.4, -0.2) is 4.98 Å². The SMILES string of the molecule is CCCCCC(C[CH]c1ccncc1)CCCCC. The van der Waals surface area contributed by atoms with Crippen LogP contribution < -0.4 is 0 Å². The van der Waals surface area contributed by atoms with Gasteiger partial charge in [-0.25, -0.2) is 0 Å². The summed E-state index contributed by atoms with van der Waals surface area (Å²) in [5.41, 5.74) is 1.32. The van der Waals surface area contributed by atoms with Crippen molar-refractivity contribution in [3.8, 4) is 0 Å². The van der Waals surface area contributed by atoms with Crippen LogP contribution in [0.4, 0.5) is 0 Å². The maximum Gasteiger partial charge on any atom is 0.0270 e. The fourth-order valence-corrected chi connectivity index (χ4v) is 2.55. The summed E-state index contributed by atoms with van der Waals surface area (Å²) in [5.74, 6) is 0.881. The average molecular weight is 260 g/mol. The summed E-state index contributed by atoms with van der Waals surface area (Å²) in [7, 11) is 0. The number of hydrogen-bond donors (Lipinski definition) is 0. The maximum atomic E-state index is 4.07. The smallest absolute Gasteiger partial charge is 0.0270 e. The molecule has 0 aliphatic heterocycles. The summed E-state index contributed by atoms with van der Waals surface area (Å²) in [6.45, 7) is 4.57. The number of hydrogen-bond acceptors (Lipinski definition) is 1. The number of pyridine rings is 1. The molecule has 0 atom stereocenters. The zero-order valence-corrected chi connectivity index (χ0v) is 12.8. The number of unbranched alkanes of at least 4 members (excludes halogenated alkanes) is 4. The van der Waals surface area contributed by atoms with Gasteiger partial charge < -0.3 is 0 Å². The normalized spacial score (nSPS) is 11.1. The van der Waals surface area contributed by atoms with Crippen molar-refractivity contribution in [3.63, 3.8) is 0 Å². The molecule has 0 fully saturated rings. The molecular weight excluding hydrogens is 230 g/mol. The van der Waals surface area contributed by atoms with E-state index in [-0.39, 0.29) is 0 Å². The number of rotatable bonds is 11. The lowest BCUT2D eigenvalue weighted by Gasteiger charge is -2.16. The fraction of sp³-hybridized carbons (Fsp3) is 0.667. The summed E-state index contributed by atoms with van der Waals surface area (Å²) in [6.07, 6.45) is 18.4. The quantitative estimate of drug-likeness (QED) is 0.458. The van der Waals surface area contributed by atoms with E-state index < -0.39 is 0 Å². The van der Waals surface area contributed by atoms with Gasteiger partial charge in [0.2, 0.25) is 0 Å². The molecule has 1 rings (SSSR count). The highest BCUT2D eigenvalue weighted by molar-refractivity contribution is 5.18. The van der Waals surface area contributed by atoms with Gasteiger partial charge in [0.25, 0.3) is 0 Å². The molecule has 1 aromatic rings. The minimum atomic E-state index is 0.881. The number of nitrogens with zero attached hydrogens (tertiary/aromatic N) is 1. The van der Waals surface area contributed by atoms with Gasteiger partial charge in [-0.15, -0.1) is 0 Å². The predicted octanol–water partition coefficient (Wildman–Crippen LogP) is 5.80. The highest BCUT2D eigenvalue weighted by atomic mass is 14.6. The van der Waals surface area contributed by atoms with Gasteiger partial charge in [-0.05, 0) is 36.5 Å². The van der Waals surface area contributed by atoms with E-state index in [1.165, 1.54) is 63.4 Å². The molecule has 1 heterocycles. The lowest BCUT2D eigenvalue weighted by atomic mass is 9.89. The first-order valence-corrected chi connectivity index (χ1v) is 8.10. The highest BCUT2D eigenvalue weighted by Gasteiger charge is 2.08. The largest absolute Gasteiger partial charge is 0.265 e. The minimum Gasteiger partial charge on any atom is -0.265 e. The molecule has 107 valence electrons. The molecule has 0 unspecified atom stereocenters. The van der Waals surface area contributed by atoms with Crippen molar-refractivity contribution >= 4 is 0 Å².